The number of anilines is 1. The van der Waals surface area contributed by atoms with E-state index in [9.17, 15) is 9.59 Å². The molecule has 0 fully saturated rings. The van der Waals surface area contributed by atoms with Crippen LogP contribution in [0.3, 0.4) is 0 Å². The number of hydrogen-bond acceptors (Lipinski definition) is 7. The highest BCUT2D eigenvalue weighted by molar-refractivity contribution is 8.00. The summed E-state index contributed by atoms with van der Waals surface area (Å²) in [5.74, 6) is 0.512. The van der Waals surface area contributed by atoms with E-state index < -0.39 is 5.25 Å². The molecule has 0 saturated heterocycles. The van der Waals surface area contributed by atoms with Gasteiger partial charge in [-0.25, -0.2) is 4.98 Å². The van der Waals surface area contributed by atoms with Gasteiger partial charge in [0.25, 0.3) is 5.56 Å². The first kappa shape index (κ1) is 22.0. The van der Waals surface area contributed by atoms with Gasteiger partial charge in [0.1, 0.15) is 10.6 Å². The zero-order chi connectivity index (χ0) is 23.3. The van der Waals surface area contributed by atoms with Crippen LogP contribution >= 0.6 is 23.1 Å². The maximum absolute atomic E-state index is 13.6. The molecule has 1 amide bonds. The lowest BCUT2D eigenvalue weighted by molar-refractivity contribution is -0.115. The van der Waals surface area contributed by atoms with Gasteiger partial charge in [-0.1, -0.05) is 11.8 Å². The van der Waals surface area contributed by atoms with E-state index >= 15 is 0 Å². The van der Waals surface area contributed by atoms with Crippen molar-refractivity contribution in [2.24, 2.45) is 7.05 Å². The van der Waals surface area contributed by atoms with Gasteiger partial charge in [0, 0.05) is 11.9 Å². The van der Waals surface area contributed by atoms with Crippen molar-refractivity contribution in [3.63, 3.8) is 0 Å². The highest BCUT2D eigenvalue weighted by Gasteiger charge is 2.26. The van der Waals surface area contributed by atoms with Crippen molar-refractivity contribution in [2.45, 2.75) is 57.0 Å². The fraction of sp³-hybridized carbons (Fsp3) is 0.391. The number of carbonyl (C=O) groups is 1. The van der Waals surface area contributed by atoms with Crippen LogP contribution in [0.5, 0.6) is 0 Å². The quantitative estimate of drug-likeness (QED) is 0.328. The highest BCUT2D eigenvalue weighted by atomic mass is 32.2. The molecule has 4 aromatic rings. The van der Waals surface area contributed by atoms with Crippen molar-refractivity contribution < 1.29 is 9.21 Å². The van der Waals surface area contributed by atoms with Crippen molar-refractivity contribution >= 4 is 44.9 Å². The summed E-state index contributed by atoms with van der Waals surface area (Å²) in [7, 11) is 1.85. The van der Waals surface area contributed by atoms with Crippen LogP contribution < -0.4 is 10.9 Å². The number of carbonyl (C=O) groups excluding carboxylic acids is 1. The summed E-state index contributed by atoms with van der Waals surface area (Å²) in [6.07, 6.45) is 4.59. The molecule has 1 aliphatic carbocycles. The first-order valence-corrected chi connectivity index (χ1v) is 12.6. The highest BCUT2D eigenvalue weighted by Crippen LogP contribution is 2.36. The van der Waals surface area contributed by atoms with E-state index in [1.807, 2.05) is 33.9 Å². The summed E-state index contributed by atoms with van der Waals surface area (Å²) in [5.41, 5.74) is 3.46. The van der Waals surface area contributed by atoms with Crippen LogP contribution in [0.25, 0.3) is 10.2 Å². The molecule has 4 aromatic heterocycles. The van der Waals surface area contributed by atoms with Crippen LogP contribution in [0.15, 0.2) is 32.8 Å². The second-order valence-corrected chi connectivity index (χ2v) is 10.7. The molecule has 0 aromatic carbocycles. The minimum atomic E-state index is -0.469. The van der Waals surface area contributed by atoms with Crippen LogP contribution in [0.2, 0.25) is 0 Å². The van der Waals surface area contributed by atoms with Crippen LogP contribution in [0, 0.1) is 13.8 Å². The lowest BCUT2D eigenvalue weighted by Gasteiger charge is -2.15. The molecule has 0 spiro atoms. The van der Waals surface area contributed by atoms with Gasteiger partial charge in [-0.2, -0.15) is 5.10 Å². The molecule has 10 heteroatoms. The number of thioether (sulfide) groups is 1. The second kappa shape index (κ2) is 8.49. The van der Waals surface area contributed by atoms with Crippen LogP contribution in [-0.2, 0) is 31.2 Å². The first-order valence-electron chi connectivity index (χ1n) is 10.9. The molecule has 1 N–H and O–H groups in total. The Morgan fingerprint density at radius 1 is 1.36 bits per heavy atom. The van der Waals surface area contributed by atoms with E-state index in [1.54, 1.807) is 32.9 Å². The first-order chi connectivity index (χ1) is 15.8. The summed E-state index contributed by atoms with van der Waals surface area (Å²) < 4.78 is 8.90. The Balaban J connectivity index is 1.50. The van der Waals surface area contributed by atoms with Gasteiger partial charge < -0.3 is 9.73 Å². The number of furan rings is 1. The summed E-state index contributed by atoms with van der Waals surface area (Å²) in [4.78, 5) is 33.5. The number of aryl methyl sites for hydroxylation is 4. The topological polar surface area (TPSA) is 95.0 Å². The van der Waals surface area contributed by atoms with E-state index in [1.165, 1.54) is 16.6 Å². The zero-order valence-corrected chi connectivity index (χ0v) is 20.6. The molecule has 0 radical (unpaired) electrons. The van der Waals surface area contributed by atoms with Crippen molar-refractivity contribution in [3.8, 4) is 0 Å². The normalized spacial score (nSPS) is 14.1. The second-order valence-electron chi connectivity index (χ2n) is 8.32. The number of nitrogens with one attached hydrogen (secondary N) is 1. The molecule has 5 rings (SSSR count). The van der Waals surface area contributed by atoms with Gasteiger partial charge in [-0.3, -0.25) is 18.8 Å². The van der Waals surface area contributed by atoms with Gasteiger partial charge in [0.15, 0.2) is 5.16 Å². The predicted octanol–water partition coefficient (Wildman–Crippen LogP) is 4.06. The van der Waals surface area contributed by atoms with Gasteiger partial charge in [-0.05, 0) is 57.7 Å². The number of nitrogens with zero attached hydrogens (tertiary/aromatic N) is 4. The van der Waals surface area contributed by atoms with Crippen molar-refractivity contribution in [3.05, 3.63) is 56.3 Å². The van der Waals surface area contributed by atoms with E-state index in [0.29, 0.717) is 10.9 Å². The third-order valence-electron chi connectivity index (χ3n) is 6.09. The number of amides is 1. The molecule has 0 unspecified atom stereocenters. The number of hydrogen-bond donors (Lipinski definition) is 1. The molecule has 172 valence electrons. The number of rotatable bonds is 6. The molecule has 0 saturated carbocycles. The molecular weight excluding hydrogens is 458 g/mol. The minimum Gasteiger partial charge on any atom is -0.467 e. The van der Waals surface area contributed by atoms with E-state index in [-0.39, 0.29) is 18.0 Å². The Hall–Kier alpha value is -2.85. The van der Waals surface area contributed by atoms with E-state index in [2.05, 4.69) is 10.4 Å². The third kappa shape index (κ3) is 3.91. The van der Waals surface area contributed by atoms with Gasteiger partial charge >= 0.3 is 0 Å². The lowest BCUT2D eigenvalue weighted by atomic mass is 10.2. The largest absolute Gasteiger partial charge is 0.467 e. The summed E-state index contributed by atoms with van der Waals surface area (Å²) >= 11 is 2.89. The maximum atomic E-state index is 13.6. The molecule has 0 bridgehead atoms. The summed E-state index contributed by atoms with van der Waals surface area (Å²) in [6, 6.07) is 3.64. The minimum absolute atomic E-state index is 0.0649. The van der Waals surface area contributed by atoms with Gasteiger partial charge in [-0.15, -0.1) is 11.3 Å². The fourth-order valence-electron chi connectivity index (χ4n) is 4.24. The zero-order valence-electron chi connectivity index (χ0n) is 19.0. The third-order valence-corrected chi connectivity index (χ3v) is 8.37. The predicted molar refractivity (Wildman–Crippen MR) is 130 cm³/mol. The van der Waals surface area contributed by atoms with Crippen molar-refractivity contribution in [1.29, 1.82) is 0 Å². The molecule has 1 aliphatic rings. The summed E-state index contributed by atoms with van der Waals surface area (Å²) in [6.45, 7) is 5.88. The Bertz CT molecular complexity index is 1410. The van der Waals surface area contributed by atoms with E-state index in [0.717, 1.165) is 52.1 Å². The molecule has 1 atom stereocenters. The average molecular weight is 484 g/mol. The lowest BCUT2D eigenvalue weighted by Crippen LogP contribution is -2.27. The van der Waals surface area contributed by atoms with Crippen LogP contribution in [-0.4, -0.2) is 30.5 Å². The van der Waals surface area contributed by atoms with E-state index in [4.69, 9.17) is 9.40 Å². The Kier molecular flexibility index (Phi) is 5.65. The van der Waals surface area contributed by atoms with Crippen LogP contribution in [0.1, 0.15) is 40.9 Å². The number of thiophene rings is 1. The standard InChI is InChI=1S/C23H25N5O3S2/c1-12-19(13(2)27(4)26-12)24-20(29)14(3)32-23-25-21-18(16-8-5-9-17(16)33-21)22(30)28(23)11-15-7-6-10-31-15/h6-7,10,14H,5,8-9,11H2,1-4H3,(H,24,29)/t14-/m1/s1. The average Bonchev–Trinajstić information content (AvgIpc) is 3.54. The van der Waals surface area contributed by atoms with Gasteiger partial charge in [0.05, 0.1) is 40.5 Å². The monoisotopic (exact) mass is 483 g/mol. The molecule has 8 nitrogen and oxygen atoms in total. The van der Waals surface area contributed by atoms with Crippen molar-refractivity contribution in [2.75, 3.05) is 5.32 Å². The molecule has 4 heterocycles. The van der Waals surface area contributed by atoms with Crippen LogP contribution in [0.4, 0.5) is 5.69 Å². The molecular formula is C23H25N5O3S2. The Labute approximate surface area is 199 Å². The molecule has 33 heavy (non-hydrogen) atoms. The SMILES string of the molecule is Cc1nn(C)c(C)c1NC(=O)[C@@H](C)Sc1nc2sc3c(c2c(=O)n1Cc1ccco1)CCC3. The summed E-state index contributed by atoms with van der Waals surface area (Å²) in [5, 5.41) is 8.13. The maximum Gasteiger partial charge on any atom is 0.263 e. The van der Waals surface area contributed by atoms with Crippen molar-refractivity contribution in [1.82, 2.24) is 19.3 Å². The molecule has 0 aliphatic heterocycles. The Morgan fingerprint density at radius 3 is 2.88 bits per heavy atom. The number of fused-ring (bicyclic) bond motifs is 3. The number of aromatic nitrogens is 4. The van der Waals surface area contributed by atoms with Gasteiger partial charge in [0.2, 0.25) is 5.91 Å². The smallest absolute Gasteiger partial charge is 0.263 e. The Morgan fingerprint density at radius 2 is 2.18 bits per heavy atom. The fourth-order valence-corrected chi connectivity index (χ4v) is 6.45.